The van der Waals surface area contributed by atoms with Crippen molar-refractivity contribution in [3.63, 3.8) is 0 Å². The molecule has 4 rings (SSSR count). The van der Waals surface area contributed by atoms with E-state index in [1.54, 1.807) is 7.05 Å². The van der Waals surface area contributed by atoms with Crippen molar-refractivity contribution < 1.29 is 9.59 Å². The van der Waals surface area contributed by atoms with E-state index in [0.717, 1.165) is 22.6 Å². The van der Waals surface area contributed by atoms with Crippen LogP contribution in [0.2, 0.25) is 0 Å². The second kappa shape index (κ2) is 6.39. The third kappa shape index (κ3) is 2.69. The van der Waals surface area contributed by atoms with Crippen molar-refractivity contribution in [2.24, 2.45) is 0 Å². The average molecular weight is 364 g/mol. The van der Waals surface area contributed by atoms with Gasteiger partial charge in [0.25, 0.3) is 5.91 Å². The Morgan fingerprint density at radius 1 is 1.22 bits per heavy atom. The molecular weight excluding hydrogens is 344 g/mol. The molecule has 138 valence electrons. The zero-order valence-electron chi connectivity index (χ0n) is 15.3. The number of para-hydroxylation sites is 1. The standard InChI is InChI=1S/C19H20N6O2/c1-10-15(11(2)25(24-10)12-7-5-4-6-8-12)13-9-14(26)21-18-16(13)17(22-23-18)19(27)20-3/h4-8,13H,9H2,1-3H3,(H,20,27)(H2,21,22,23,26). The second-order valence-corrected chi connectivity index (χ2v) is 6.58. The van der Waals surface area contributed by atoms with E-state index in [0.29, 0.717) is 17.1 Å². The lowest BCUT2D eigenvalue weighted by atomic mass is 9.84. The van der Waals surface area contributed by atoms with Gasteiger partial charge in [-0.25, -0.2) is 4.68 Å². The largest absolute Gasteiger partial charge is 0.354 e. The number of rotatable bonds is 3. The van der Waals surface area contributed by atoms with Crippen LogP contribution in [0.15, 0.2) is 30.3 Å². The van der Waals surface area contributed by atoms with E-state index in [1.807, 2.05) is 48.9 Å². The smallest absolute Gasteiger partial charge is 0.269 e. The predicted molar refractivity (Wildman–Crippen MR) is 100 cm³/mol. The lowest BCUT2D eigenvalue weighted by Crippen LogP contribution is -2.27. The fourth-order valence-corrected chi connectivity index (χ4v) is 3.78. The van der Waals surface area contributed by atoms with Crippen LogP contribution in [-0.4, -0.2) is 38.8 Å². The van der Waals surface area contributed by atoms with Gasteiger partial charge in [-0.2, -0.15) is 10.2 Å². The van der Waals surface area contributed by atoms with Crippen LogP contribution in [-0.2, 0) is 4.79 Å². The molecule has 1 unspecified atom stereocenters. The van der Waals surface area contributed by atoms with Crippen LogP contribution in [0.3, 0.4) is 0 Å². The molecule has 0 aliphatic carbocycles. The lowest BCUT2D eigenvalue weighted by Gasteiger charge is -2.23. The lowest BCUT2D eigenvalue weighted by molar-refractivity contribution is -0.116. The van der Waals surface area contributed by atoms with Crippen molar-refractivity contribution in [1.29, 1.82) is 0 Å². The van der Waals surface area contributed by atoms with Gasteiger partial charge < -0.3 is 10.6 Å². The average Bonchev–Trinajstić information content (AvgIpc) is 3.22. The van der Waals surface area contributed by atoms with Crippen LogP contribution >= 0.6 is 0 Å². The van der Waals surface area contributed by atoms with Gasteiger partial charge in [-0.05, 0) is 26.0 Å². The molecule has 1 aliphatic rings. The Morgan fingerprint density at radius 2 is 1.96 bits per heavy atom. The van der Waals surface area contributed by atoms with E-state index >= 15 is 0 Å². The number of carbonyl (C=O) groups is 2. The van der Waals surface area contributed by atoms with Crippen LogP contribution in [0.1, 0.15) is 45.3 Å². The number of nitrogens with zero attached hydrogens (tertiary/aromatic N) is 3. The summed E-state index contributed by atoms with van der Waals surface area (Å²) in [5.41, 5.74) is 4.72. The number of amides is 2. The molecule has 1 aromatic carbocycles. The van der Waals surface area contributed by atoms with E-state index in [2.05, 4.69) is 25.9 Å². The number of fused-ring (bicyclic) bond motifs is 1. The fraction of sp³-hybridized carbons (Fsp3) is 0.263. The Hall–Kier alpha value is -3.42. The van der Waals surface area contributed by atoms with Gasteiger partial charge in [0.05, 0.1) is 11.4 Å². The number of anilines is 1. The summed E-state index contributed by atoms with van der Waals surface area (Å²) in [4.78, 5) is 24.6. The van der Waals surface area contributed by atoms with E-state index in [-0.39, 0.29) is 24.2 Å². The molecule has 0 radical (unpaired) electrons. The van der Waals surface area contributed by atoms with Crippen LogP contribution in [0.5, 0.6) is 0 Å². The maximum absolute atomic E-state index is 12.3. The molecule has 27 heavy (non-hydrogen) atoms. The minimum absolute atomic E-state index is 0.131. The SMILES string of the molecule is CNC(=O)c1[nH]nc2c1C(c1c(C)nn(-c3ccccc3)c1C)CC(=O)N2. The maximum Gasteiger partial charge on any atom is 0.269 e. The highest BCUT2D eigenvalue weighted by Gasteiger charge is 2.36. The molecular formula is C19H20N6O2. The maximum atomic E-state index is 12.3. The number of benzene rings is 1. The van der Waals surface area contributed by atoms with E-state index < -0.39 is 0 Å². The van der Waals surface area contributed by atoms with Gasteiger partial charge >= 0.3 is 0 Å². The quantitative estimate of drug-likeness (QED) is 0.661. The molecule has 2 amide bonds. The van der Waals surface area contributed by atoms with Crippen molar-refractivity contribution in [3.05, 3.63) is 58.5 Å². The normalized spacial score (nSPS) is 16.0. The molecule has 3 N–H and O–H groups in total. The number of aryl methyl sites for hydroxylation is 1. The van der Waals surface area contributed by atoms with E-state index in [9.17, 15) is 9.59 Å². The predicted octanol–water partition coefficient (Wildman–Crippen LogP) is 2.05. The number of hydrogen-bond acceptors (Lipinski definition) is 4. The first-order valence-electron chi connectivity index (χ1n) is 8.73. The Bertz CT molecular complexity index is 1030. The summed E-state index contributed by atoms with van der Waals surface area (Å²) in [7, 11) is 1.57. The topological polar surface area (TPSA) is 105 Å². The third-order valence-corrected chi connectivity index (χ3v) is 4.95. The monoisotopic (exact) mass is 364 g/mol. The Morgan fingerprint density at radius 3 is 2.67 bits per heavy atom. The zero-order chi connectivity index (χ0) is 19.1. The number of carbonyl (C=O) groups excluding carboxylic acids is 2. The molecule has 1 aliphatic heterocycles. The van der Waals surface area contributed by atoms with Gasteiger partial charge in [0.1, 0.15) is 5.69 Å². The summed E-state index contributed by atoms with van der Waals surface area (Å²) in [6.45, 7) is 3.90. The highest BCUT2D eigenvalue weighted by Crippen LogP contribution is 2.40. The Kier molecular flexibility index (Phi) is 4.02. The molecule has 3 aromatic rings. The molecule has 0 saturated heterocycles. The van der Waals surface area contributed by atoms with E-state index in [4.69, 9.17) is 0 Å². The van der Waals surface area contributed by atoms with Crippen LogP contribution < -0.4 is 10.6 Å². The highest BCUT2D eigenvalue weighted by molar-refractivity contribution is 6.00. The summed E-state index contributed by atoms with van der Waals surface area (Å²) in [5, 5.41) is 16.9. The molecule has 0 bridgehead atoms. The highest BCUT2D eigenvalue weighted by atomic mass is 16.2. The van der Waals surface area contributed by atoms with Crippen molar-refractivity contribution in [2.75, 3.05) is 12.4 Å². The number of aromatic nitrogens is 4. The number of nitrogens with one attached hydrogen (secondary N) is 3. The summed E-state index contributed by atoms with van der Waals surface area (Å²) >= 11 is 0. The molecule has 3 heterocycles. The second-order valence-electron chi connectivity index (χ2n) is 6.58. The number of H-pyrrole nitrogens is 1. The first-order valence-corrected chi connectivity index (χ1v) is 8.73. The summed E-state index contributed by atoms with van der Waals surface area (Å²) in [5.74, 6) is -0.289. The van der Waals surface area contributed by atoms with Gasteiger partial charge in [-0.3, -0.25) is 14.7 Å². The van der Waals surface area contributed by atoms with Crippen molar-refractivity contribution in [1.82, 2.24) is 25.3 Å². The van der Waals surface area contributed by atoms with Crippen LogP contribution in [0.4, 0.5) is 5.82 Å². The molecule has 2 aromatic heterocycles. The van der Waals surface area contributed by atoms with Crippen molar-refractivity contribution in [2.45, 2.75) is 26.2 Å². The zero-order valence-corrected chi connectivity index (χ0v) is 15.3. The summed E-state index contributed by atoms with van der Waals surface area (Å²) < 4.78 is 1.87. The Labute approximate surface area is 156 Å². The molecule has 1 atom stereocenters. The molecule has 0 fully saturated rings. The third-order valence-electron chi connectivity index (χ3n) is 4.95. The van der Waals surface area contributed by atoms with Crippen LogP contribution in [0.25, 0.3) is 5.69 Å². The van der Waals surface area contributed by atoms with Gasteiger partial charge in [-0.1, -0.05) is 18.2 Å². The fourth-order valence-electron chi connectivity index (χ4n) is 3.78. The van der Waals surface area contributed by atoms with Crippen molar-refractivity contribution >= 4 is 17.6 Å². The number of hydrogen-bond donors (Lipinski definition) is 3. The summed E-state index contributed by atoms with van der Waals surface area (Å²) in [6.07, 6.45) is 0.235. The molecule has 8 heteroatoms. The first kappa shape index (κ1) is 17.0. The first-order chi connectivity index (χ1) is 13.0. The van der Waals surface area contributed by atoms with Gasteiger partial charge in [0.2, 0.25) is 5.91 Å². The van der Waals surface area contributed by atoms with Crippen LogP contribution in [0, 0.1) is 13.8 Å². The minimum Gasteiger partial charge on any atom is -0.354 e. The van der Waals surface area contributed by atoms with Gasteiger partial charge in [-0.15, -0.1) is 0 Å². The van der Waals surface area contributed by atoms with Gasteiger partial charge in [0, 0.05) is 36.2 Å². The summed E-state index contributed by atoms with van der Waals surface area (Å²) in [6, 6.07) is 9.83. The minimum atomic E-state index is -0.294. The van der Waals surface area contributed by atoms with Crippen molar-refractivity contribution in [3.8, 4) is 5.69 Å². The molecule has 0 saturated carbocycles. The number of aromatic amines is 1. The molecule has 8 nitrogen and oxygen atoms in total. The Balaban J connectivity index is 1.88. The van der Waals surface area contributed by atoms with Gasteiger partial charge in [0.15, 0.2) is 5.82 Å². The van der Waals surface area contributed by atoms with E-state index in [1.165, 1.54) is 0 Å². The molecule has 0 spiro atoms.